The number of aromatic carboxylic acids is 1. The fraction of sp³-hybridized carbons (Fsp3) is 0. The van der Waals surface area contributed by atoms with Crippen molar-refractivity contribution in [1.29, 1.82) is 0 Å². The highest BCUT2D eigenvalue weighted by Gasteiger charge is 2.12. The maximum absolute atomic E-state index is 13.3. The van der Waals surface area contributed by atoms with Gasteiger partial charge in [0.05, 0.1) is 5.52 Å². The molecule has 2 rings (SSSR count). The molecule has 16 heavy (non-hydrogen) atoms. The van der Waals surface area contributed by atoms with Crippen molar-refractivity contribution in [2.24, 2.45) is 0 Å². The van der Waals surface area contributed by atoms with Crippen LogP contribution in [-0.4, -0.2) is 16.1 Å². The summed E-state index contributed by atoms with van der Waals surface area (Å²) in [6, 6.07) is 2.42. The number of aromatic amines is 1. The summed E-state index contributed by atoms with van der Waals surface area (Å²) >= 11 is 0. The zero-order valence-electron chi connectivity index (χ0n) is 7.75. The quantitative estimate of drug-likeness (QED) is 0.772. The van der Waals surface area contributed by atoms with E-state index in [9.17, 15) is 18.4 Å². The van der Waals surface area contributed by atoms with Crippen molar-refractivity contribution >= 4 is 16.9 Å². The number of hydrogen-bond donors (Lipinski definition) is 2. The number of H-pyrrole nitrogens is 1. The van der Waals surface area contributed by atoms with Crippen LogP contribution in [0.2, 0.25) is 0 Å². The molecule has 0 unspecified atom stereocenters. The van der Waals surface area contributed by atoms with Crippen molar-refractivity contribution in [2.45, 2.75) is 0 Å². The Balaban J connectivity index is 2.90. The van der Waals surface area contributed by atoms with Gasteiger partial charge in [-0.1, -0.05) is 0 Å². The highest BCUT2D eigenvalue weighted by molar-refractivity contribution is 5.92. The first kappa shape index (κ1) is 10.3. The Bertz CT molecular complexity index is 648. The van der Waals surface area contributed by atoms with Crippen molar-refractivity contribution in [3.05, 3.63) is 45.8 Å². The first-order valence-corrected chi connectivity index (χ1v) is 4.24. The van der Waals surface area contributed by atoms with Crippen LogP contribution in [-0.2, 0) is 0 Å². The summed E-state index contributed by atoms with van der Waals surface area (Å²) in [6.45, 7) is 0. The van der Waals surface area contributed by atoms with Crippen LogP contribution in [0.5, 0.6) is 0 Å². The molecule has 0 aliphatic carbocycles. The van der Waals surface area contributed by atoms with Crippen LogP contribution in [0.3, 0.4) is 0 Å². The molecule has 0 amide bonds. The predicted molar refractivity (Wildman–Crippen MR) is 51.4 cm³/mol. The molecular formula is C10H5F2NO3. The number of hydrogen-bond acceptors (Lipinski definition) is 2. The summed E-state index contributed by atoms with van der Waals surface area (Å²) in [4.78, 5) is 23.9. The minimum absolute atomic E-state index is 0.0764. The van der Waals surface area contributed by atoms with Crippen LogP contribution >= 0.6 is 0 Å². The second kappa shape index (κ2) is 3.41. The molecule has 4 nitrogen and oxygen atoms in total. The van der Waals surface area contributed by atoms with E-state index >= 15 is 0 Å². The molecule has 1 aromatic heterocycles. The fourth-order valence-corrected chi connectivity index (χ4v) is 1.39. The van der Waals surface area contributed by atoms with Gasteiger partial charge in [-0.3, -0.25) is 4.79 Å². The van der Waals surface area contributed by atoms with Crippen LogP contribution in [0.15, 0.2) is 23.0 Å². The van der Waals surface area contributed by atoms with Gasteiger partial charge in [0.15, 0.2) is 0 Å². The third-order valence-corrected chi connectivity index (χ3v) is 2.11. The van der Waals surface area contributed by atoms with Gasteiger partial charge < -0.3 is 10.1 Å². The number of carboxylic acid groups (broad SMARTS) is 1. The SMILES string of the molecule is O=C(O)c1cc2c(F)cc(F)cc2[nH]c1=O. The monoisotopic (exact) mass is 225 g/mol. The second-order valence-electron chi connectivity index (χ2n) is 3.17. The van der Waals surface area contributed by atoms with Crippen molar-refractivity contribution in [2.75, 3.05) is 0 Å². The minimum Gasteiger partial charge on any atom is -0.477 e. The molecule has 0 saturated heterocycles. The van der Waals surface area contributed by atoms with E-state index in [1.54, 1.807) is 0 Å². The summed E-state index contributed by atoms with van der Waals surface area (Å²) in [6.07, 6.45) is 0. The van der Waals surface area contributed by atoms with Crippen LogP contribution < -0.4 is 5.56 Å². The molecule has 0 aliphatic rings. The summed E-state index contributed by atoms with van der Waals surface area (Å²) in [5, 5.41) is 8.51. The zero-order chi connectivity index (χ0) is 11.9. The Kier molecular flexibility index (Phi) is 2.19. The topological polar surface area (TPSA) is 70.2 Å². The van der Waals surface area contributed by atoms with E-state index in [0.29, 0.717) is 6.07 Å². The number of pyridine rings is 1. The van der Waals surface area contributed by atoms with E-state index in [1.165, 1.54) is 0 Å². The number of carboxylic acids is 1. The van der Waals surface area contributed by atoms with Crippen LogP contribution in [0.4, 0.5) is 8.78 Å². The predicted octanol–water partition coefficient (Wildman–Crippen LogP) is 1.50. The third-order valence-electron chi connectivity index (χ3n) is 2.11. The lowest BCUT2D eigenvalue weighted by Gasteiger charge is -2.01. The number of halogens is 2. The number of fused-ring (bicyclic) bond motifs is 1. The van der Waals surface area contributed by atoms with Crippen LogP contribution in [0.1, 0.15) is 10.4 Å². The Labute approximate surface area is 87.1 Å². The molecule has 0 aliphatic heterocycles. The van der Waals surface area contributed by atoms with Crippen molar-refractivity contribution in [3.8, 4) is 0 Å². The van der Waals surface area contributed by atoms with E-state index in [0.717, 1.165) is 12.1 Å². The summed E-state index contributed by atoms with van der Waals surface area (Å²) in [5.41, 5.74) is -1.56. The molecule has 2 aromatic rings. The van der Waals surface area contributed by atoms with Gasteiger partial charge in [0.1, 0.15) is 17.2 Å². The number of carbonyl (C=O) groups is 1. The van der Waals surface area contributed by atoms with E-state index < -0.39 is 28.7 Å². The molecule has 1 heterocycles. The van der Waals surface area contributed by atoms with E-state index in [-0.39, 0.29) is 10.9 Å². The lowest BCUT2D eigenvalue weighted by Crippen LogP contribution is -2.17. The molecule has 0 bridgehead atoms. The molecule has 0 spiro atoms. The smallest absolute Gasteiger partial charge is 0.341 e. The molecule has 0 atom stereocenters. The number of aromatic nitrogens is 1. The molecule has 2 N–H and O–H groups in total. The van der Waals surface area contributed by atoms with Crippen LogP contribution in [0.25, 0.3) is 10.9 Å². The highest BCUT2D eigenvalue weighted by Crippen LogP contribution is 2.17. The van der Waals surface area contributed by atoms with Gasteiger partial charge in [-0.05, 0) is 12.1 Å². The fourth-order valence-electron chi connectivity index (χ4n) is 1.39. The second-order valence-corrected chi connectivity index (χ2v) is 3.17. The van der Waals surface area contributed by atoms with Gasteiger partial charge in [-0.2, -0.15) is 0 Å². The van der Waals surface area contributed by atoms with Gasteiger partial charge in [0.2, 0.25) is 0 Å². The van der Waals surface area contributed by atoms with Crippen molar-refractivity contribution in [3.63, 3.8) is 0 Å². The average Bonchev–Trinajstić information content (AvgIpc) is 2.15. The van der Waals surface area contributed by atoms with Gasteiger partial charge in [-0.25, -0.2) is 13.6 Å². The van der Waals surface area contributed by atoms with Gasteiger partial charge >= 0.3 is 5.97 Å². The molecule has 0 fully saturated rings. The summed E-state index contributed by atoms with van der Waals surface area (Å²) in [7, 11) is 0. The summed E-state index contributed by atoms with van der Waals surface area (Å²) in [5.74, 6) is -3.23. The molecular weight excluding hydrogens is 220 g/mol. The number of benzene rings is 1. The van der Waals surface area contributed by atoms with Gasteiger partial charge in [0, 0.05) is 11.5 Å². The van der Waals surface area contributed by atoms with Gasteiger partial charge in [0.25, 0.3) is 5.56 Å². The molecule has 1 aromatic carbocycles. The first-order valence-electron chi connectivity index (χ1n) is 4.24. The lowest BCUT2D eigenvalue weighted by atomic mass is 10.1. The van der Waals surface area contributed by atoms with E-state index in [4.69, 9.17) is 5.11 Å². The Morgan fingerprint density at radius 1 is 1.25 bits per heavy atom. The summed E-state index contributed by atoms with van der Waals surface area (Å²) < 4.78 is 26.1. The normalized spacial score (nSPS) is 10.6. The number of nitrogens with one attached hydrogen (secondary N) is 1. The van der Waals surface area contributed by atoms with Crippen molar-refractivity contribution in [1.82, 2.24) is 4.98 Å². The molecule has 82 valence electrons. The molecule has 0 radical (unpaired) electrons. The Morgan fingerprint density at radius 3 is 2.56 bits per heavy atom. The van der Waals surface area contributed by atoms with E-state index in [1.807, 2.05) is 0 Å². The molecule has 0 saturated carbocycles. The lowest BCUT2D eigenvalue weighted by molar-refractivity contribution is 0.0695. The zero-order valence-corrected chi connectivity index (χ0v) is 7.75. The van der Waals surface area contributed by atoms with E-state index in [2.05, 4.69) is 4.98 Å². The Morgan fingerprint density at radius 2 is 1.94 bits per heavy atom. The highest BCUT2D eigenvalue weighted by atomic mass is 19.1. The maximum atomic E-state index is 13.3. The van der Waals surface area contributed by atoms with Gasteiger partial charge in [-0.15, -0.1) is 0 Å². The largest absolute Gasteiger partial charge is 0.477 e. The van der Waals surface area contributed by atoms with Crippen LogP contribution in [0, 0.1) is 11.6 Å². The van der Waals surface area contributed by atoms with Crippen molar-refractivity contribution < 1.29 is 18.7 Å². The Hall–Kier alpha value is -2.24. The third kappa shape index (κ3) is 1.54. The number of rotatable bonds is 1. The first-order chi connectivity index (χ1) is 7.49. The maximum Gasteiger partial charge on any atom is 0.341 e. The minimum atomic E-state index is -1.47. The molecule has 6 heteroatoms. The standard InChI is InChI=1S/C10H5F2NO3/c11-4-1-7(12)5-3-6(10(15)16)9(14)13-8(5)2-4/h1-3H,(H,13,14)(H,15,16). The average molecular weight is 225 g/mol.